The smallest absolute Gasteiger partial charge is 0.140 e. The van der Waals surface area contributed by atoms with Crippen molar-refractivity contribution in [1.82, 2.24) is 4.98 Å². The molecule has 1 aliphatic rings. The van der Waals surface area contributed by atoms with E-state index in [1.54, 1.807) is 0 Å². The summed E-state index contributed by atoms with van der Waals surface area (Å²) in [6.45, 7) is 2.00. The van der Waals surface area contributed by atoms with E-state index in [1.807, 2.05) is 31.5 Å². The van der Waals surface area contributed by atoms with E-state index in [-0.39, 0.29) is 4.95 Å². The van der Waals surface area contributed by atoms with Gasteiger partial charge in [0.15, 0.2) is 0 Å². The van der Waals surface area contributed by atoms with Gasteiger partial charge < -0.3 is 4.90 Å². The first-order valence-electron chi connectivity index (χ1n) is 4.51. The lowest BCUT2D eigenvalue weighted by Crippen LogP contribution is -2.27. The zero-order valence-electron chi connectivity index (χ0n) is 7.89. The molecule has 0 bridgehead atoms. The summed E-state index contributed by atoms with van der Waals surface area (Å²) in [6.07, 6.45) is 10.0. The maximum absolute atomic E-state index is 4.36. The third kappa shape index (κ3) is 1.60. The summed E-state index contributed by atoms with van der Waals surface area (Å²) in [7, 11) is 0. The van der Waals surface area contributed by atoms with Gasteiger partial charge in [-0.1, -0.05) is 34.2 Å². The molecule has 0 N–H and O–H groups in total. The molecular weight excluding hydrogens is 240 g/mol. The van der Waals surface area contributed by atoms with Crippen molar-refractivity contribution in [2.24, 2.45) is 0 Å². The Morgan fingerprint density at radius 3 is 3.21 bits per heavy atom. The Morgan fingerprint density at radius 2 is 2.43 bits per heavy atom. The molecular formula is C11H11BrN2. The quantitative estimate of drug-likeness (QED) is 0.563. The highest BCUT2D eigenvalue weighted by atomic mass is 79.9. The van der Waals surface area contributed by atoms with Crippen LogP contribution in [0.25, 0.3) is 6.08 Å². The van der Waals surface area contributed by atoms with Gasteiger partial charge in [-0.15, -0.1) is 0 Å². The molecule has 72 valence electrons. The number of hydrogen-bond acceptors (Lipinski definition) is 2. The van der Waals surface area contributed by atoms with E-state index in [1.165, 1.54) is 0 Å². The number of alkyl halides is 1. The van der Waals surface area contributed by atoms with Crippen LogP contribution in [0.4, 0.5) is 5.82 Å². The van der Waals surface area contributed by atoms with Gasteiger partial charge in [-0.2, -0.15) is 0 Å². The first kappa shape index (κ1) is 9.46. The molecule has 0 amide bonds. The lowest BCUT2D eigenvalue weighted by molar-refractivity contribution is 0.987. The topological polar surface area (TPSA) is 16.1 Å². The number of halogens is 1. The minimum Gasteiger partial charge on any atom is -0.316 e. The maximum atomic E-state index is 4.36. The molecule has 2 heterocycles. The summed E-state index contributed by atoms with van der Waals surface area (Å²) in [5.41, 5.74) is 1.15. The van der Waals surface area contributed by atoms with Crippen molar-refractivity contribution >= 4 is 27.8 Å². The Bertz CT molecular complexity index is 385. The van der Waals surface area contributed by atoms with Crippen LogP contribution in [-0.4, -0.2) is 9.94 Å². The number of pyridine rings is 1. The monoisotopic (exact) mass is 250 g/mol. The molecule has 0 aliphatic carbocycles. The van der Waals surface area contributed by atoms with Crippen molar-refractivity contribution in [2.45, 2.75) is 11.9 Å². The van der Waals surface area contributed by atoms with Crippen LogP contribution in [0.5, 0.6) is 0 Å². The second-order valence-electron chi connectivity index (χ2n) is 3.04. The molecule has 1 atom stereocenters. The Kier molecular flexibility index (Phi) is 2.68. The molecule has 14 heavy (non-hydrogen) atoms. The molecule has 0 spiro atoms. The standard InChI is InChI=1S/C11H11BrN2/c1-2-8-14-10(12)6-5-9-4-3-7-13-11(9)14/h2-8,10H,1H3. The average molecular weight is 251 g/mol. The molecule has 0 saturated heterocycles. The number of hydrogen-bond donors (Lipinski definition) is 0. The van der Waals surface area contributed by atoms with Crippen molar-refractivity contribution in [3.05, 3.63) is 42.2 Å². The summed E-state index contributed by atoms with van der Waals surface area (Å²) in [5.74, 6) is 0.995. The van der Waals surface area contributed by atoms with Crippen LogP contribution in [0, 0.1) is 0 Å². The van der Waals surface area contributed by atoms with E-state index >= 15 is 0 Å². The summed E-state index contributed by atoms with van der Waals surface area (Å²) in [5, 5.41) is 0. The lowest BCUT2D eigenvalue weighted by atomic mass is 10.2. The predicted octanol–water partition coefficient (Wildman–Crippen LogP) is 3.17. The van der Waals surface area contributed by atoms with Crippen LogP contribution in [0.2, 0.25) is 0 Å². The molecule has 1 unspecified atom stereocenters. The fourth-order valence-electron chi connectivity index (χ4n) is 1.46. The highest BCUT2D eigenvalue weighted by molar-refractivity contribution is 9.09. The van der Waals surface area contributed by atoms with Crippen LogP contribution in [0.3, 0.4) is 0 Å². The summed E-state index contributed by atoms with van der Waals surface area (Å²) in [6, 6.07) is 4.01. The lowest BCUT2D eigenvalue weighted by Gasteiger charge is -2.27. The van der Waals surface area contributed by atoms with Crippen molar-refractivity contribution in [3.63, 3.8) is 0 Å². The van der Waals surface area contributed by atoms with Gasteiger partial charge in [0.1, 0.15) is 10.8 Å². The van der Waals surface area contributed by atoms with Crippen LogP contribution in [0.1, 0.15) is 12.5 Å². The second-order valence-corrected chi connectivity index (χ2v) is 3.98. The van der Waals surface area contributed by atoms with Gasteiger partial charge in [0, 0.05) is 18.0 Å². The van der Waals surface area contributed by atoms with Gasteiger partial charge in [-0.25, -0.2) is 4.98 Å². The molecule has 0 fully saturated rings. The average Bonchev–Trinajstić information content (AvgIpc) is 2.23. The zero-order valence-corrected chi connectivity index (χ0v) is 9.48. The minimum atomic E-state index is 0.195. The number of rotatable bonds is 1. The molecule has 1 aromatic rings. The molecule has 3 heteroatoms. The minimum absolute atomic E-state index is 0.195. The Labute approximate surface area is 92.1 Å². The fourth-order valence-corrected chi connectivity index (χ4v) is 1.94. The zero-order chi connectivity index (χ0) is 9.97. The molecule has 0 aromatic carbocycles. The predicted molar refractivity (Wildman–Crippen MR) is 63.3 cm³/mol. The molecule has 0 saturated carbocycles. The SMILES string of the molecule is CC=CN1c2ncccc2C=CC1Br. The van der Waals surface area contributed by atoms with Crippen molar-refractivity contribution < 1.29 is 0 Å². The summed E-state index contributed by atoms with van der Waals surface area (Å²) >= 11 is 3.57. The van der Waals surface area contributed by atoms with E-state index in [0.29, 0.717) is 0 Å². The fraction of sp³-hybridized carbons (Fsp3) is 0.182. The van der Waals surface area contributed by atoms with E-state index in [0.717, 1.165) is 11.4 Å². The third-order valence-electron chi connectivity index (χ3n) is 2.07. The Hall–Kier alpha value is -1.09. The number of aromatic nitrogens is 1. The van der Waals surface area contributed by atoms with E-state index in [2.05, 4.69) is 44.0 Å². The van der Waals surface area contributed by atoms with E-state index < -0.39 is 0 Å². The van der Waals surface area contributed by atoms with Gasteiger partial charge >= 0.3 is 0 Å². The maximum Gasteiger partial charge on any atom is 0.140 e. The van der Waals surface area contributed by atoms with E-state index in [4.69, 9.17) is 0 Å². The molecule has 0 radical (unpaired) electrons. The highest BCUT2D eigenvalue weighted by Crippen LogP contribution is 2.28. The van der Waals surface area contributed by atoms with Crippen LogP contribution < -0.4 is 4.90 Å². The Morgan fingerprint density at radius 1 is 1.57 bits per heavy atom. The number of nitrogens with zero attached hydrogens (tertiary/aromatic N) is 2. The van der Waals surface area contributed by atoms with Gasteiger partial charge in [0.2, 0.25) is 0 Å². The van der Waals surface area contributed by atoms with Crippen molar-refractivity contribution in [3.8, 4) is 0 Å². The Balaban J connectivity index is 2.47. The summed E-state index contributed by atoms with van der Waals surface area (Å²) in [4.78, 5) is 6.65. The molecule has 1 aliphatic heterocycles. The van der Waals surface area contributed by atoms with Crippen molar-refractivity contribution in [2.75, 3.05) is 4.90 Å². The number of fused-ring (bicyclic) bond motifs is 1. The molecule has 2 nitrogen and oxygen atoms in total. The first-order valence-corrected chi connectivity index (χ1v) is 5.43. The van der Waals surface area contributed by atoms with Crippen LogP contribution >= 0.6 is 15.9 Å². The highest BCUT2D eigenvalue weighted by Gasteiger charge is 2.18. The van der Waals surface area contributed by atoms with Gasteiger partial charge in [0.05, 0.1) is 0 Å². The van der Waals surface area contributed by atoms with Gasteiger partial charge in [-0.3, -0.25) is 0 Å². The van der Waals surface area contributed by atoms with E-state index in [9.17, 15) is 0 Å². The number of anilines is 1. The normalized spacial score (nSPS) is 20.1. The first-order chi connectivity index (χ1) is 6.83. The molecule has 2 rings (SSSR count). The van der Waals surface area contributed by atoms with Gasteiger partial charge in [-0.05, 0) is 19.1 Å². The van der Waals surface area contributed by atoms with Crippen LogP contribution in [0.15, 0.2) is 36.7 Å². The van der Waals surface area contributed by atoms with Crippen LogP contribution in [-0.2, 0) is 0 Å². The largest absolute Gasteiger partial charge is 0.316 e. The number of allylic oxidation sites excluding steroid dienone is 1. The summed E-state index contributed by atoms with van der Waals surface area (Å²) < 4.78 is 0. The second kappa shape index (κ2) is 3.96. The van der Waals surface area contributed by atoms with Crippen molar-refractivity contribution in [1.29, 1.82) is 0 Å². The van der Waals surface area contributed by atoms with Gasteiger partial charge in [0.25, 0.3) is 0 Å². The molecule has 1 aromatic heterocycles. The third-order valence-corrected chi connectivity index (χ3v) is 2.82.